The van der Waals surface area contributed by atoms with Crippen molar-refractivity contribution in [2.24, 2.45) is 5.73 Å². The van der Waals surface area contributed by atoms with Crippen LogP contribution in [0.25, 0.3) is 0 Å². The van der Waals surface area contributed by atoms with Crippen LogP contribution in [0.15, 0.2) is 0 Å². The minimum Gasteiger partial charge on any atom is -0.327 e. The van der Waals surface area contributed by atoms with Gasteiger partial charge in [0.25, 0.3) is 0 Å². The van der Waals surface area contributed by atoms with E-state index in [1.54, 1.807) is 18.9 Å². The zero-order valence-electron chi connectivity index (χ0n) is 8.23. The quantitative estimate of drug-likeness (QED) is 0.743. The van der Waals surface area contributed by atoms with Gasteiger partial charge >= 0.3 is 6.18 Å². The maximum absolute atomic E-state index is 11.8. The van der Waals surface area contributed by atoms with Gasteiger partial charge in [0.2, 0.25) is 0 Å². The zero-order valence-corrected chi connectivity index (χ0v) is 8.23. The van der Waals surface area contributed by atoms with Crippen LogP contribution >= 0.6 is 0 Å². The molecule has 0 fully saturated rings. The third kappa shape index (κ3) is 5.87. The van der Waals surface area contributed by atoms with Crippen molar-refractivity contribution in [3.63, 3.8) is 0 Å². The van der Waals surface area contributed by atoms with Crippen molar-refractivity contribution in [2.75, 3.05) is 13.6 Å². The summed E-state index contributed by atoms with van der Waals surface area (Å²) in [6.07, 6.45) is -4.85. The molecule has 0 saturated heterocycles. The molecule has 0 aliphatic heterocycles. The largest absolute Gasteiger partial charge is 0.390 e. The van der Waals surface area contributed by atoms with Crippen LogP contribution in [-0.4, -0.2) is 36.8 Å². The van der Waals surface area contributed by atoms with E-state index >= 15 is 0 Å². The smallest absolute Gasteiger partial charge is 0.327 e. The molecule has 0 aliphatic carbocycles. The van der Waals surface area contributed by atoms with Crippen LogP contribution in [0.3, 0.4) is 0 Å². The molecule has 0 amide bonds. The summed E-state index contributed by atoms with van der Waals surface area (Å²) in [5.74, 6) is 0. The molecule has 0 radical (unpaired) electrons. The van der Waals surface area contributed by atoms with E-state index in [2.05, 4.69) is 0 Å². The number of rotatable bonds is 4. The molecule has 2 N–H and O–H groups in total. The fourth-order valence-electron chi connectivity index (χ4n) is 0.908. The molecule has 2 atom stereocenters. The molecule has 2 nitrogen and oxygen atoms in total. The molecular weight excluding hydrogens is 181 g/mol. The van der Waals surface area contributed by atoms with Gasteiger partial charge in [0.05, 0.1) is 6.42 Å². The molecule has 0 spiro atoms. The van der Waals surface area contributed by atoms with Gasteiger partial charge in [0, 0.05) is 18.6 Å². The highest BCUT2D eigenvalue weighted by Crippen LogP contribution is 2.19. The molecule has 80 valence electrons. The highest BCUT2D eigenvalue weighted by atomic mass is 19.4. The van der Waals surface area contributed by atoms with Gasteiger partial charge in [-0.3, -0.25) is 0 Å². The predicted octanol–water partition coefficient (Wildman–Crippen LogP) is 1.61. The van der Waals surface area contributed by atoms with Gasteiger partial charge in [-0.05, 0) is 20.9 Å². The highest BCUT2D eigenvalue weighted by molar-refractivity contribution is 4.72. The summed E-state index contributed by atoms with van der Waals surface area (Å²) in [5.41, 5.74) is 5.55. The molecule has 0 aromatic carbocycles. The number of likely N-dealkylation sites (N-methyl/N-ethyl adjacent to an activating group) is 1. The molecule has 5 heteroatoms. The minimum atomic E-state index is -4.08. The Kier molecular flexibility index (Phi) is 4.70. The summed E-state index contributed by atoms with van der Waals surface area (Å²) in [7, 11) is 1.65. The van der Waals surface area contributed by atoms with Gasteiger partial charge in [-0.1, -0.05) is 0 Å². The first-order chi connectivity index (χ1) is 5.74. The van der Waals surface area contributed by atoms with E-state index in [0.717, 1.165) is 0 Å². The summed E-state index contributed by atoms with van der Waals surface area (Å²) in [6, 6.07) is -0.138. The monoisotopic (exact) mass is 198 g/mol. The first-order valence-electron chi connectivity index (χ1n) is 4.26. The van der Waals surface area contributed by atoms with Gasteiger partial charge in [-0.15, -0.1) is 0 Å². The maximum Gasteiger partial charge on any atom is 0.390 e. The van der Waals surface area contributed by atoms with E-state index in [-0.39, 0.29) is 18.6 Å². The van der Waals surface area contributed by atoms with E-state index in [1.807, 2.05) is 6.92 Å². The highest BCUT2D eigenvalue weighted by Gasteiger charge is 2.28. The van der Waals surface area contributed by atoms with Crippen molar-refractivity contribution in [2.45, 2.75) is 38.5 Å². The van der Waals surface area contributed by atoms with Crippen LogP contribution in [-0.2, 0) is 0 Å². The molecule has 0 bridgehead atoms. The fourth-order valence-corrected chi connectivity index (χ4v) is 0.908. The van der Waals surface area contributed by atoms with Crippen LogP contribution in [0.4, 0.5) is 13.2 Å². The Labute approximate surface area is 76.9 Å². The van der Waals surface area contributed by atoms with E-state index < -0.39 is 12.6 Å². The Morgan fingerprint density at radius 3 is 2.08 bits per heavy atom. The summed E-state index contributed by atoms with van der Waals surface area (Å²) >= 11 is 0. The summed E-state index contributed by atoms with van der Waals surface area (Å²) in [5, 5.41) is 0. The summed E-state index contributed by atoms with van der Waals surface area (Å²) in [4.78, 5) is 1.62. The topological polar surface area (TPSA) is 29.3 Å². The second-order valence-electron chi connectivity index (χ2n) is 3.45. The third-order valence-electron chi connectivity index (χ3n) is 2.20. The van der Waals surface area contributed by atoms with Gasteiger partial charge in [0.1, 0.15) is 0 Å². The molecule has 0 aromatic heterocycles. The SMILES string of the molecule is CC(N)C(C)N(C)CCC(F)(F)F. The molecule has 0 heterocycles. The number of halogens is 3. The first kappa shape index (κ1) is 12.7. The Morgan fingerprint density at radius 2 is 1.77 bits per heavy atom. The van der Waals surface area contributed by atoms with Crippen molar-refractivity contribution < 1.29 is 13.2 Å². The molecule has 2 unspecified atom stereocenters. The Morgan fingerprint density at radius 1 is 1.31 bits per heavy atom. The van der Waals surface area contributed by atoms with Crippen LogP contribution in [0, 0.1) is 0 Å². The number of hydrogen-bond donors (Lipinski definition) is 1. The van der Waals surface area contributed by atoms with Gasteiger partial charge in [0.15, 0.2) is 0 Å². The second kappa shape index (κ2) is 4.81. The maximum atomic E-state index is 11.8. The second-order valence-corrected chi connectivity index (χ2v) is 3.45. The predicted molar refractivity (Wildman–Crippen MR) is 46.4 cm³/mol. The van der Waals surface area contributed by atoms with Gasteiger partial charge in [-0.25, -0.2) is 0 Å². The number of nitrogens with zero attached hydrogens (tertiary/aromatic N) is 1. The van der Waals surface area contributed by atoms with Crippen LogP contribution in [0.5, 0.6) is 0 Å². The lowest BCUT2D eigenvalue weighted by atomic mass is 10.1. The van der Waals surface area contributed by atoms with Crippen molar-refractivity contribution >= 4 is 0 Å². The van der Waals surface area contributed by atoms with Crippen LogP contribution in [0.2, 0.25) is 0 Å². The Hall–Kier alpha value is -0.290. The van der Waals surface area contributed by atoms with Crippen LogP contribution < -0.4 is 5.73 Å². The lowest BCUT2D eigenvalue weighted by molar-refractivity contribution is -0.138. The van der Waals surface area contributed by atoms with E-state index in [4.69, 9.17) is 5.73 Å². The Balaban J connectivity index is 3.81. The standard InChI is InChI=1S/C8H17F3N2/c1-6(12)7(2)13(3)5-4-8(9,10)11/h6-7H,4-5,12H2,1-3H3. The lowest BCUT2D eigenvalue weighted by Crippen LogP contribution is -2.43. The summed E-state index contributed by atoms with van der Waals surface area (Å²) < 4.78 is 35.5. The lowest BCUT2D eigenvalue weighted by Gasteiger charge is -2.27. The molecule has 0 aromatic rings. The van der Waals surface area contributed by atoms with Crippen LogP contribution in [0.1, 0.15) is 20.3 Å². The van der Waals surface area contributed by atoms with E-state index in [1.165, 1.54) is 0 Å². The normalized spacial score (nSPS) is 17.5. The molecule has 13 heavy (non-hydrogen) atoms. The van der Waals surface area contributed by atoms with Gasteiger partial charge in [-0.2, -0.15) is 13.2 Å². The van der Waals surface area contributed by atoms with E-state index in [0.29, 0.717) is 0 Å². The van der Waals surface area contributed by atoms with Crippen molar-refractivity contribution in [1.29, 1.82) is 0 Å². The van der Waals surface area contributed by atoms with Crippen molar-refractivity contribution in [1.82, 2.24) is 4.90 Å². The number of alkyl halides is 3. The molecule has 0 aliphatic rings. The number of nitrogens with two attached hydrogens (primary N) is 1. The molecule has 0 rings (SSSR count). The third-order valence-corrected chi connectivity index (χ3v) is 2.20. The number of hydrogen-bond acceptors (Lipinski definition) is 2. The van der Waals surface area contributed by atoms with Crippen molar-refractivity contribution in [3.8, 4) is 0 Å². The average molecular weight is 198 g/mol. The van der Waals surface area contributed by atoms with Gasteiger partial charge < -0.3 is 10.6 Å². The zero-order chi connectivity index (χ0) is 10.6. The van der Waals surface area contributed by atoms with Crippen molar-refractivity contribution in [3.05, 3.63) is 0 Å². The Bertz CT molecular complexity index is 145. The summed E-state index contributed by atoms with van der Waals surface area (Å²) in [6.45, 7) is 3.61. The average Bonchev–Trinajstić information content (AvgIpc) is 1.97. The first-order valence-corrected chi connectivity index (χ1v) is 4.26. The van der Waals surface area contributed by atoms with E-state index in [9.17, 15) is 13.2 Å². The minimum absolute atomic E-state index is 0.00616. The molecular formula is C8H17F3N2. The molecule has 0 saturated carbocycles. The fraction of sp³-hybridized carbons (Fsp3) is 1.00.